The summed E-state index contributed by atoms with van der Waals surface area (Å²) in [5.74, 6) is 0.733. The molecule has 1 N–H and O–H groups in total. The molecule has 0 bridgehead atoms. The molecule has 0 fully saturated rings. The number of aryl methyl sites for hydroxylation is 4. The molecule has 0 aromatic heterocycles. The van der Waals surface area contributed by atoms with Crippen LogP contribution in [-0.4, -0.2) is 12.2 Å². The average Bonchev–Trinajstić information content (AvgIpc) is 2.35. The first-order valence-electron chi connectivity index (χ1n) is 7.22. The van der Waals surface area contributed by atoms with Crippen LogP contribution in [-0.2, 0) is 5.60 Å². The number of aliphatic hydroxyl groups is 1. The van der Waals surface area contributed by atoms with Crippen LogP contribution in [0.4, 0.5) is 0 Å². The SMILES string of the molecule is COc1cc(C)cc(C)c1C(C)(O)c1cc(C)cc(C)c1. The molecule has 0 aliphatic heterocycles. The summed E-state index contributed by atoms with van der Waals surface area (Å²) in [6.45, 7) is 9.98. The molecule has 0 aliphatic carbocycles. The molecule has 1 unspecified atom stereocenters. The number of rotatable bonds is 3. The van der Waals surface area contributed by atoms with Crippen LogP contribution in [0.2, 0.25) is 0 Å². The average molecular weight is 284 g/mol. The van der Waals surface area contributed by atoms with Crippen molar-refractivity contribution in [3.63, 3.8) is 0 Å². The lowest BCUT2D eigenvalue weighted by Gasteiger charge is -2.29. The van der Waals surface area contributed by atoms with Gasteiger partial charge in [-0.3, -0.25) is 0 Å². The van der Waals surface area contributed by atoms with Crippen LogP contribution in [0.3, 0.4) is 0 Å². The minimum atomic E-state index is -1.08. The van der Waals surface area contributed by atoms with E-state index < -0.39 is 5.60 Å². The van der Waals surface area contributed by atoms with Crippen molar-refractivity contribution in [2.24, 2.45) is 0 Å². The van der Waals surface area contributed by atoms with Crippen molar-refractivity contribution in [2.75, 3.05) is 7.11 Å². The first kappa shape index (κ1) is 15.6. The third kappa shape index (κ3) is 2.96. The minimum absolute atomic E-state index is 0.733. The second-order valence-corrected chi connectivity index (χ2v) is 6.11. The fourth-order valence-corrected chi connectivity index (χ4v) is 3.11. The van der Waals surface area contributed by atoms with E-state index in [1.165, 1.54) is 0 Å². The molecule has 2 nitrogen and oxygen atoms in total. The first-order chi connectivity index (χ1) is 9.75. The highest BCUT2D eigenvalue weighted by molar-refractivity contribution is 5.51. The zero-order valence-corrected chi connectivity index (χ0v) is 13.7. The van der Waals surface area contributed by atoms with E-state index in [0.29, 0.717) is 0 Å². The van der Waals surface area contributed by atoms with Gasteiger partial charge in [0.15, 0.2) is 0 Å². The van der Waals surface area contributed by atoms with Crippen LogP contribution in [0.5, 0.6) is 5.75 Å². The van der Waals surface area contributed by atoms with Crippen molar-refractivity contribution in [3.05, 3.63) is 63.7 Å². The van der Waals surface area contributed by atoms with E-state index in [9.17, 15) is 5.11 Å². The van der Waals surface area contributed by atoms with Crippen molar-refractivity contribution in [1.29, 1.82) is 0 Å². The molecule has 2 aromatic rings. The molecule has 0 spiro atoms. The highest BCUT2D eigenvalue weighted by Gasteiger charge is 2.31. The monoisotopic (exact) mass is 284 g/mol. The molecule has 0 heterocycles. The molecular weight excluding hydrogens is 260 g/mol. The molecule has 21 heavy (non-hydrogen) atoms. The molecule has 2 aromatic carbocycles. The van der Waals surface area contributed by atoms with E-state index in [1.807, 2.05) is 52.8 Å². The third-order valence-corrected chi connectivity index (χ3v) is 3.93. The first-order valence-corrected chi connectivity index (χ1v) is 7.22. The van der Waals surface area contributed by atoms with E-state index in [0.717, 1.165) is 39.1 Å². The lowest BCUT2D eigenvalue weighted by molar-refractivity contribution is 0.0981. The standard InChI is InChI=1S/C19H24O2/c1-12-7-13(2)10-16(9-12)19(5,20)18-15(4)8-14(3)11-17(18)21-6/h7-11,20H,1-6H3. The van der Waals surface area contributed by atoms with Crippen LogP contribution >= 0.6 is 0 Å². The van der Waals surface area contributed by atoms with Gasteiger partial charge >= 0.3 is 0 Å². The number of methoxy groups -OCH3 is 1. The summed E-state index contributed by atoms with van der Waals surface area (Å²) in [6.07, 6.45) is 0. The van der Waals surface area contributed by atoms with Gasteiger partial charge in [0.1, 0.15) is 11.4 Å². The fraction of sp³-hybridized carbons (Fsp3) is 0.368. The second-order valence-electron chi connectivity index (χ2n) is 6.11. The smallest absolute Gasteiger partial charge is 0.125 e. The summed E-state index contributed by atoms with van der Waals surface area (Å²) in [4.78, 5) is 0. The Bertz CT molecular complexity index is 649. The Labute approximate surface area is 127 Å². The van der Waals surface area contributed by atoms with E-state index in [-0.39, 0.29) is 0 Å². The molecule has 0 amide bonds. The quantitative estimate of drug-likeness (QED) is 0.916. The van der Waals surface area contributed by atoms with Gasteiger partial charge in [-0.1, -0.05) is 35.4 Å². The number of hydrogen-bond donors (Lipinski definition) is 1. The van der Waals surface area contributed by atoms with Crippen LogP contribution in [0.25, 0.3) is 0 Å². The maximum Gasteiger partial charge on any atom is 0.125 e. The van der Waals surface area contributed by atoms with Crippen molar-refractivity contribution in [1.82, 2.24) is 0 Å². The van der Waals surface area contributed by atoms with E-state index in [4.69, 9.17) is 4.74 Å². The van der Waals surface area contributed by atoms with Crippen LogP contribution in [0.15, 0.2) is 30.3 Å². The van der Waals surface area contributed by atoms with Crippen molar-refractivity contribution in [2.45, 2.75) is 40.2 Å². The summed E-state index contributed by atoms with van der Waals surface area (Å²) in [5.41, 5.74) is 5.11. The largest absolute Gasteiger partial charge is 0.496 e. The predicted octanol–water partition coefficient (Wildman–Crippen LogP) is 4.18. The topological polar surface area (TPSA) is 29.5 Å². The predicted molar refractivity (Wildman–Crippen MR) is 87.1 cm³/mol. The highest BCUT2D eigenvalue weighted by atomic mass is 16.5. The molecule has 1 atom stereocenters. The number of hydrogen-bond acceptors (Lipinski definition) is 2. The van der Waals surface area contributed by atoms with Gasteiger partial charge in [-0.2, -0.15) is 0 Å². The van der Waals surface area contributed by atoms with E-state index >= 15 is 0 Å². The Hall–Kier alpha value is -1.80. The maximum atomic E-state index is 11.2. The van der Waals surface area contributed by atoms with Crippen molar-refractivity contribution >= 4 is 0 Å². The molecule has 0 aliphatic rings. The van der Waals surface area contributed by atoms with Gasteiger partial charge in [0, 0.05) is 5.56 Å². The summed E-state index contributed by atoms with van der Waals surface area (Å²) >= 11 is 0. The van der Waals surface area contributed by atoms with E-state index in [1.54, 1.807) is 7.11 Å². The zero-order valence-electron chi connectivity index (χ0n) is 13.7. The minimum Gasteiger partial charge on any atom is -0.496 e. The Morgan fingerprint density at radius 2 is 1.38 bits per heavy atom. The zero-order chi connectivity index (χ0) is 15.8. The molecule has 0 saturated carbocycles. The van der Waals surface area contributed by atoms with Crippen LogP contribution < -0.4 is 4.74 Å². The van der Waals surface area contributed by atoms with Gasteiger partial charge in [-0.25, -0.2) is 0 Å². The lowest BCUT2D eigenvalue weighted by Crippen LogP contribution is -2.25. The van der Waals surface area contributed by atoms with Gasteiger partial charge in [0.25, 0.3) is 0 Å². The Kier molecular flexibility index (Phi) is 4.11. The normalized spacial score (nSPS) is 13.9. The number of ether oxygens (including phenoxy) is 1. The Morgan fingerprint density at radius 3 is 1.90 bits per heavy atom. The second kappa shape index (κ2) is 5.53. The van der Waals surface area contributed by atoms with Crippen molar-refractivity contribution in [3.8, 4) is 5.75 Å². The van der Waals surface area contributed by atoms with Gasteiger partial charge in [-0.15, -0.1) is 0 Å². The summed E-state index contributed by atoms with van der Waals surface area (Å²) in [5, 5.41) is 11.2. The fourth-order valence-electron chi connectivity index (χ4n) is 3.11. The summed E-state index contributed by atoms with van der Waals surface area (Å²) in [7, 11) is 1.65. The van der Waals surface area contributed by atoms with Gasteiger partial charge < -0.3 is 9.84 Å². The highest BCUT2D eigenvalue weighted by Crippen LogP contribution is 2.38. The maximum absolute atomic E-state index is 11.2. The van der Waals surface area contributed by atoms with Gasteiger partial charge in [0.05, 0.1) is 7.11 Å². The van der Waals surface area contributed by atoms with Gasteiger partial charge in [-0.05, 0) is 57.4 Å². The molecule has 2 rings (SSSR count). The van der Waals surface area contributed by atoms with Crippen LogP contribution in [0.1, 0.15) is 40.3 Å². The van der Waals surface area contributed by atoms with Gasteiger partial charge in [0.2, 0.25) is 0 Å². The summed E-state index contributed by atoms with van der Waals surface area (Å²) in [6, 6.07) is 10.2. The molecular formula is C19H24O2. The molecule has 0 radical (unpaired) electrons. The molecule has 2 heteroatoms. The third-order valence-electron chi connectivity index (χ3n) is 3.93. The van der Waals surface area contributed by atoms with Crippen LogP contribution in [0, 0.1) is 27.7 Å². The number of benzene rings is 2. The summed E-state index contributed by atoms with van der Waals surface area (Å²) < 4.78 is 5.52. The lowest BCUT2D eigenvalue weighted by atomic mass is 9.83. The molecule has 112 valence electrons. The Balaban J connectivity index is 2.68. The van der Waals surface area contributed by atoms with E-state index in [2.05, 4.69) is 12.1 Å². The Morgan fingerprint density at radius 1 is 0.857 bits per heavy atom. The molecule has 0 saturated heterocycles. The van der Waals surface area contributed by atoms with Crippen molar-refractivity contribution < 1.29 is 9.84 Å².